The standard InChI is InChI=1S/C37H40BF2N11O11P2S/c38-64(54,57-12-24-29(61-63-53)25(39)35(60-24)50-16-48-27-31(42)44-14-46-33(27)50)62-30-23(59-36(26(30)40)51-17-49-28-32(43)45-15-47-34(28)51)11-55-18-65-13-19-1-5-22(6-2-19)58-37(52)20-3-7-21(8-4-20)56-10-9-41/h1-8,14-17,23-26,29-30,35-36H,9-13,18,38,41H2,(H2,42,44,46)(H2,43,45,47)/t23-,24-,25-,26-,29-,30-,35-,36-,64?/m1/s1. The monoisotopic (exact) mass is 957 g/mol. The van der Waals surface area contributed by atoms with Crippen molar-refractivity contribution < 1.29 is 60.0 Å². The number of imidazole rings is 2. The Bertz CT molecular complexity index is 2660. The van der Waals surface area contributed by atoms with Crippen molar-refractivity contribution in [3.8, 4) is 11.5 Å². The second kappa shape index (κ2) is 20.5. The second-order valence-corrected chi connectivity index (χ2v) is 17.8. The van der Waals surface area contributed by atoms with E-state index in [2.05, 4.69) is 29.9 Å². The predicted octanol–water partition coefficient (Wildman–Crippen LogP) is 3.50. The first-order valence-electron chi connectivity index (χ1n) is 19.7. The van der Waals surface area contributed by atoms with E-state index in [1.54, 1.807) is 48.5 Å². The number of esters is 1. The lowest BCUT2D eigenvalue weighted by atomic mass is 10.1. The molecular formula is C37H40BF2N11O11P2S. The van der Waals surface area contributed by atoms with Crippen molar-refractivity contribution in [2.75, 3.05) is 43.8 Å². The van der Waals surface area contributed by atoms with Crippen LogP contribution in [0.3, 0.4) is 0 Å². The first-order valence-corrected chi connectivity index (χ1v) is 23.6. The van der Waals surface area contributed by atoms with Crippen LogP contribution in [0.4, 0.5) is 20.4 Å². The lowest BCUT2D eigenvalue weighted by molar-refractivity contribution is -0.0568. The van der Waals surface area contributed by atoms with Crippen LogP contribution in [0.15, 0.2) is 73.8 Å². The average molecular weight is 958 g/mol. The number of fused-ring (bicyclic) bond motifs is 2. The van der Waals surface area contributed by atoms with Gasteiger partial charge >= 0.3 is 14.7 Å². The number of anilines is 2. The Balaban J connectivity index is 0.889. The molecule has 28 heteroatoms. The molecule has 22 nitrogen and oxygen atoms in total. The summed E-state index contributed by atoms with van der Waals surface area (Å²) >= 11 is 1.39. The Morgan fingerprint density at radius 2 is 1.42 bits per heavy atom. The van der Waals surface area contributed by atoms with Crippen LogP contribution >= 0.6 is 27.9 Å². The molecule has 2 aromatic carbocycles. The Labute approximate surface area is 374 Å². The summed E-state index contributed by atoms with van der Waals surface area (Å²) in [5.74, 6) is 1.16. The van der Waals surface area contributed by atoms with Crippen molar-refractivity contribution >= 4 is 75.4 Å². The van der Waals surface area contributed by atoms with Crippen LogP contribution in [-0.2, 0) is 42.7 Å². The van der Waals surface area contributed by atoms with Crippen molar-refractivity contribution in [2.45, 2.75) is 55.0 Å². The second-order valence-electron chi connectivity index (χ2n) is 14.5. The van der Waals surface area contributed by atoms with E-state index >= 15 is 8.78 Å². The number of benzene rings is 2. The molecule has 0 radical (unpaired) electrons. The van der Waals surface area contributed by atoms with Crippen LogP contribution in [0.5, 0.6) is 11.5 Å². The summed E-state index contributed by atoms with van der Waals surface area (Å²) in [6.45, 7) is -0.0743. The van der Waals surface area contributed by atoms with E-state index in [0.29, 0.717) is 36.0 Å². The van der Waals surface area contributed by atoms with E-state index in [1.165, 1.54) is 46.2 Å². The molecule has 2 aliphatic heterocycles. The zero-order valence-corrected chi connectivity index (χ0v) is 36.8. The summed E-state index contributed by atoms with van der Waals surface area (Å²) in [5.41, 5.74) is 19.3. The number of halogens is 2. The minimum atomic E-state index is -4.23. The van der Waals surface area contributed by atoms with Gasteiger partial charge in [0, 0.05) is 12.3 Å². The fourth-order valence-corrected chi connectivity index (χ4v) is 9.29. The van der Waals surface area contributed by atoms with Gasteiger partial charge in [-0.3, -0.25) is 18.2 Å². The molecular weight excluding hydrogens is 917 g/mol. The zero-order chi connectivity index (χ0) is 45.7. The number of nitrogens with two attached hydrogens (primary N) is 3. The molecule has 9 atom stereocenters. The number of ether oxygens (including phenoxy) is 5. The number of carbonyl (C=O) groups excluding carboxylic acids is 1. The molecule has 6 aromatic rings. The number of carbonyl (C=O) groups is 1. The molecule has 2 aliphatic rings. The Hall–Kier alpha value is -5.27. The third kappa shape index (κ3) is 10.4. The molecule has 0 aliphatic carbocycles. The molecule has 0 spiro atoms. The summed E-state index contributed by atoms with van der Waals surface area (Å²) in [6.07, 6.45) is -7.22. The van der Waals surface area contributed by atoms with Gasteiger partial charge in [-0.15, -0.1) is 11.8 Å². The van der Waals surface area contributed by atoms with Gasteiger partial charge in [-0.05, 0) is 42.0 Å². The van der Waals surface area contributed by atoms with E-state index in [1.807, 2.05) is 0 Å². The average Bonchev–Trinajstić information content (AvgIpc) is 4.08. The third-order valence-electron chi connectivity index (χ3n) is 10.1. The van der Waals surface area contributed by atoms with Crippen molar-refractivity contribution in [1.29, 1.82) is 0 Å². The summed E-state index contributed by atoms with van der Waals surface area (Å²) in [5, 5.41) is 0. The summed E-state index contributed by atoms with van der Waals surface area (Å²) in [6, 6.07) is 13.5. The molecule has 8 rings (SSSR count). The van der Waals surface area contributed by atoms with E-state index in [4.69, 9.17) is 54.5 Å². The highest BCUT2D eigenvalue weighted by Crippen LogP contribution is 2.50. The van der Waals surface area contributed by atoms with Crippen molar-refractivity contribution in [3.05, 3.63) is 85.0 Å². The van der Waals surface area contributed by atoms with Gasteiger partial charge in [-0.1, -0.05) is 12.1 Å². The Morgan fingerprint density at radius 1 is 0.831 bits per heavy atom. The minimum absolute atomic E-state index is 0.0563. The molecule has 342 valence electrons. The summed E-state index contributed by atoms with van der Waals surface area (Å²) in [7, 11) is -3.98. The summed E-state index contributed by atoms with van der Waals surface area (Å²) in [4.78, 5) is 37.1. The van der Waals surface area contributed by atoms with Gasteiger partial charge in [-0.2, -0.15) is 0 Å². The number of nitrogens with zero attached hydrogens (tertiary/aromatic N) is 8. The third-order valence-corrected chi connectivity index (χ3v) is 12.6. The topological polar surface area (TPSA) is 290 Å². The van der Waals surface area contributed by atoms with Crippen LogP contribution in [0.1, 0.15) is 28.4 Å². The zero-order valence-electron chi connectivity index (χ0n) is 34.1. The highest BCUT2D eigenvalue weighted by Gasteiger charge is 2.52. The van der Waals surface area contributed by atoms with Crippen LogP contribution in [0, 0.1) is 0 Å². The number of nitrogen functional groups attached to an aromatic ring is 2. The number of aromatic nitrogens is 8. The van der Waals surface area contributed by atoms with Gasteiger partial charge in [-0.25, -0.2) is 48.0 Å². The van der Waals surface area contributed by atoms with Gasteiger partial charge in [0.1, 0.15) is 66.2 Å². The lowest BCUT2D eigenvalue weighted by Gasteiger charge is -2.25. The molecule has 65 heavy (non-hydrogen) atoms. The molecule has 6 N–H and O–H groups in total. The number of rotatable bonds is 20. The SMILES string of the molecule is BP(=O)(OC[C@H]1O[C@@H](n2cnc3c(N)ncnc32)[C@H](F)[C@@H]1OP=O)O[C@H]1[C@@H](F)[C@H](n2cnc3c(N)ncnc32)O[C@@H]1COCSCc1ccc(OC(=O)c2ccc(OCCN)cc2)cc1. The number of alkyl halides is 2. The quantitative estimate of drug-likeness (QED) is 0.0246. The highest BCUT2D eigenvalue weighted by atomic mass is 32.2. The summed E-state index contributed by atoms with van der Waals surface area (Å²) < 4.78 is 106. The van der Waals surface area contributed by atoms with Crippen LogP contribution in [0.25, 0.3) is 22.3 Å². The maximum atomic E-state index is 16.6. The first kappa shape index (κ1) is 46.3. The van der Waals surface area contributed by atoms with Gasteiger partial charge in [0.2, 0.25) is 0 Å². The van der Waals surface area contributed by atoms with Crippen molar-refractivity contribution in [2.24, 2.45) is 5.73 Å². The number of thioether (sulfide) groups is 1. The maximum Gasteiger partial charge on any atom is 0.343 e. The normalized spacial score (nSPS) is 24.2. The van der Waals surface area contributed by atoms with Gasteiger partial charge in [0.25, 0.3) is 15.0 Å². The molecule has 6 heterocycles. The lowest BCUT2D eigenvalue weighted by Crippen LogP contribution is -2.35. The highest BCUT2D eigenvalue weighted by molar-refractivity contribution is 7.98. The fourth-order valence-electron chi connectivity index (χ4n) is 7.05. The number of hydrogen-bond donors (Lipinski definition) is 3. The smallest absolute Gasteiger partial charge is 0.343 e. The molecule has 2 fully saturated rings. The first-order chi connectivity index (χ1) is 31.4. The number of hydrogen-bond acceptors (Lipinski definition) is 21. The maximum absolute atomic E-state index is 16.6. The fraction of sp³-hybridized carbons (Fsp3) is 0.378. The molecule has 4 aromatic heterocycles. The van der Waals surface area contributed by atoms with Crippen LogP contribution < -0.4 is 26.7 Å². The van der Waals surface area contributed by atoms with Crippen molar-refractivity contribution in [3.63, 3.8) is 0 Å². The molecule has 1 unspecified atom stereocenters. The molecule has 0 saturated carbocycles. The Kier molecular flexibility index (Phi) is 14.6. The Morgan fingerprint density at radius 3 is 2.02 bits per heavy atom. The molecule has 0 bridgehead atoms. The van der Waals surface area contributed by atoms with Crippen LogP contribution in [-0.4, -0.2) is 122 Å². The van der Waals surface area contributed by atoms with Gasteiger partial charge in [0.15, 0.2) is 47.7 Å². The van der Waals surface area contributed by atoms with E-state index in [9.17, 15) is 13.9 Å². The predicted molar refractivity (Wildman–Crippen MR) is 231 cm³/mol. The van der Waals surface area contributed by atoms with E-state index in [0.717, 1.165) is 13.1 Å². The van der Waals surface area contributed by atoms with E-state index in [-0.39, 0.29) is 46.5 Å². The minimum Gasteiger partial charge on any atom is -0.492 e. The van der Waals surface area contributed by atoms with Gasteiger partial charge in [0.05, 0.1) is 37.4 Å². The molecule has 0 amide bonds. The van der Waals surface area contributed by atoms with Gasteiger partial charge < -0.3 is 49.9 Å². The molecule has 2 saturated heterocycles. The largest absolute Gasteiger partial charge is 0.492 e. The van der Waals surface area contributed by atoms with Crippen molar-refractivity contribution in [1.82, 2.24) is 39.0 Å². The van der Waals surface area contributed by atoms with Crippen LogP contribution in [0.2, 0.25) is 0 Å². The van der Waals surface area contributed by atoms with E-state index < -0.39 is 78.0 Å².